The summed E-state index contributed by atoms with van der Waals surface area (Å²) < 4.78 is 2.34. The fourth-order valence-corrected chi connectivity index (χ4v) is 3.48. The molecule has 3 aromatic rings. The first-order valence-corrected chi connectivity index (χ1v) is 9.05. The van der Waals surface area contributed by atoms with Crippen LogP contribution in [0.2, 0.25) is 6.55 Å². The lowest BCUT2D eigenvalue weighted by atomic mass is 10.1. The van der Waals surface area contributed by atoms with E-state index < -0.39 is 0 Å². The molecule has 3 nitrogen and oxygen atoms in total. The lowest BCUT2D eigenvalue weighted by Gasteiger charge is -2.07. The lowest BCUT2D eigenvalue weighted by molar-refractivity contribution is 0.101. The highest BCUT2D eigenvalue weighted by atomic mass is 28.2. The topological polar surface area (TPSA) is 34.0 Å². The monoisotopic (exact) mass is 308 g/mol. The summed E-state index contributed by atoms with van der Waals surface area (Å²) in [5.74, 6) is 0.117. The highest BCUT2D eigenvalue weighted by Crippen LogP contribution is 2.29. The Morgan fingerprint density at radius 2 is 1.82 bits per heavy atom. The number of fused-ring (bicyclic) bond motifs is 3. The number of rotatable bonds is 5. The zero-order valence-corrected chi connectivity index (χ0v) is 14.2. The zero-order chi connectivity index (χ0) is 15.7. The molecule has 1 aromatic heterocycles. The molecule has 2 radical (unpaired) electrons. The van der Waals surface area contributed by atoms with Gasteiger partial charge in [-0.05, 0) is 38.2 Å². The molecule has 0 fully saturated rings. The number of ketones is 1. The van der Waals surface area contributed by atoms with Crippen LogP contribution in [-0.4, -0.2) is 33.5 Å². The van der Waals surface area contributed by atoms with Crippen molar-refractivity contribution in [3.05, 3.63) is 42.0 Å². The maximum atomic E-state index is 11.7. The van der Waals surface area contributed by atoms with E-state index in [4.69, 9.17) is 0 Å². The zero-order valence-electron chi connectivity index (χ0n) is 13.2. The summed E-state index contributed by atoms with van der Waals surface area (Å²) in [5.41, 5.74) is 3.23. The third-order valence-electron chi connectivity index (χ3n) is 4.15. The van der Waals surface area contributed by atoms with Crippen molar-refractivity contribution in [1.29, 1.82) is 0 Å². The van der Waals surface area contributed by atoms with Gasteiger partial charge in [0, 0.05) is 40.5 Å². The first kappa shape index (κ1) is 15.0. The van der Waals surface area contributed by atoms with Crippen molar-refractivity contribution >= 4 is 42.3 Å². The molecular weight excluding hydrogens is 288 g/mol. The number of nitrogens with one attached hydrogen (secondary N) is 1. The molecule has 1 heterocycles. The second-order valence-corrected chi connectivity index (χ2v) is 6.60. The molecule has 0 aliphatic carbocycles. The van der Waals surface area contributed by atoms with Crippen LogP contribution in [0.5, 0.6) is 0 Å². The summed E-state index contributed by atoms with van der Waals surface area (Å²) in [6.45, 7) is 5.66. The third-order valence-corrected chi connectivity index (χ3v) is 5.03. The Morgan fingerprint density at radius 1 is 1.14 bits per heavy atom. The van der Waals surface area contributed by atoms with E-state index in [-0.39, 0.29) is 5.78 Å². The van der Waals surface area contributed by atoms with E-state index in [9.17, 15) is 4.79 Å². The van der Waals surface area contributed by atoms with E-state index in [1.165, 1.54) is 27.0 Å². The minimum Gasteiger partial charge on any atom is -0.339 e. The van der Waals surface area contributed by atoms with Gasteiger partial charge in [-0.3, -0.25) is 4.79 Å². The van der Waals surface area contributed by atoms with Crippen LogP contribution in [0, 0.1) is 0 Å². The van der Waals surface area contributed by atoms with E-state index in [1.54, 1.807) is 6.92 Å². The summed E-state index contributed by atoms with van der Waals surface area (Å²) in [4.78, 5) is 11.7. The molecule has 0 aliphatic rings. The van der Waals surface area contributed by atoms with Crippen molar-refractivity contribution in [2.45, 2.75) is 20.0 Å². The van der Waals surface area contributed by atoms with Gasteiger partial charge < -0.3 is 9.88 Å². The number of carbonyl (C=O) groups excluding carboxylic acids is 1. The van der Waals surface area contributed by atoms with E-state index in [0.717, 1.165) is 28.2 Å². The normalized spacial score (nSPS) is 11.4. The largest absolute Gasteiger partial charge is 0.339 e. The SMILES string of the molecule is CNCCn1c2ccc([Si]C)cc2c2cc(C(C)=O)ccc21. The van der Waals surface area contributed by atoms with Crippen LogP contribution in [0.25, 0.3) is 21.8 Å². The van der Waals surface area contributed by atoms with Crippen LogP contribution in [0.15, 0.2) is 36.4 Å². The molecule has 0 bridgehead atoms. The van der Waals surface area contributed by atoms with Crippen LogP contribution >= 0.6 is 0 Å². The van der Waals surface area contributed by atoms with Crippen LogP contribution < -0.4 is 10.5 Å². The van der Waals surface area contributed by atoms with Crippen molar-refractivity contribution in [3.8, 4) is 0 Å². The standard InChI is InChI=1S/C18H20N2OSi/c1-12(21)13-4-6-17-15(10-13)16-11-14(22-3)5-7-18(16)20(17)9-8-19-2/h4-7,10-11,19H,8-9H2,1-3H3. The lowest BCUT2D eigenvalue weighted by Crippen LogP contribution is -2.15. The molecule has 0 saturated heterocycles. The average Bonchev–Trinajstić information content (AvgIpc) is 2.85. The van der Waals surface area contributed by atoms with E-state index in [2.05, 4.69) is 40.7 Å². The summed E-state index contributed by atoms with van der Waals surface area (Å²) >= 11 is 0. The molecule has 2 aromatic carbocycles. The van der Waals surface area contributed by atoms with Crippen molar-refractivity contribution in [2.75, 3.05) is 13.6 Å². The number of nitrogens with zero attached hydrogens (tertiary/aromatic N) is 1. The predicted molar refractivity (Wildman–Crippen MR) is 94.6 cm³/mol. The van der Waals surface area contributed by atoms with Gasteiger partial charge in [0.2, 0.25) is 0 Å². The Labute approximate surface area is 133 Å². The molecular formula is C18H20N2OSi. The molecule has 22 heavy (non-hydrogen) atoms. The van der Waals surface area contributed by atoms with Gasteiger partial charge in [-0.1, -0.05) is 23.9 Å². The van der Waals surface area contributed by atoms with Crippen molar-refractivity contribution in [1.82, 2.24) is 9.88 Å². The van der Waals surface area contributed by atoms with Gasteiger partial charge in [-0.15, -0.1) is 0 Å². The summed E-state index contributed by atoms with van der Waals surface area (Å²) in [6.07, 6.45) is 0. The summed E-state index contributed by atoms with van der Waals surface area (Å²) in [6, 6.07) is 12.7. The van der Waals surface area contributed by atoms with Crippen molar-refractivity contribution in [3.63, 3.8) is 0 Å². The van der Waals surface area contributed by atoms with Crippen LogP contribution in [0.3, 0.4) is 0 Å². The Kier molecular flexibility index (Phi) is 4.14. The number of likely N-dealkylation sites (N-methyl/N-ethyl adjacent to an activating group) is 1. The molecule has 0 saturated carbocycles. The Bertz CT molecular complexity index is 851. The van der Waals surface area contributed by atoms with Gasteiger partial charge in [0.25, 0.3) is 0 Å². The smallest absolute Gasteiger partial charge is 0.159 e. The van der Waals surface area contributed by atoms with Crippen molar-refractivity contribution < 1.29 is 4.79 Å². The van der Waals surface area contributed by atoms with Gasteiger partial charge in [0.15, 0.2) is 5.78 Å². The second-order valence-electron chi connectivity index (χ2n) is 5.53. The third kappa shape index (κ3) is 2.49. The molecule has 112 valence electrons. The molecule has 4 heteroatoms. The number of benzene rings is 2. The van der Waals surface area contributed by atoms with Crippen molar-refractivity contribution in [2.24, 2.45) is 0 Å². The molecule has 0 spiro atoms. The molecule has 0 aliphatic heterocycles. The minimum absolute atomic E-state index is 0.117. The Hall–Kier alpha value is -1.91. The second kappa shape index (κ2) is 6.06. The fraction of sp³-hybridized carbons (Fsp3) is 0.278. The number of hydrogen-bond acceptors (Lipinski definition) is 2. The Morgan fingerprint density at radius 3 is 2.45 bits per heavy atom. The maximum Gasteiger partial charge on any atom is 0.159 e. The maximum absolute atomic E-state index is 11.7. The van der Waals surface area contributed by atoms with Gasteiger partial charge >= 0.3 is 0 Å². The minimum atomic E-state index is 0.117. The highest BCUT2D eigenvalue weighted by Gasteiger charge is 2.12. The van der Waals surface area contributed by atoms with Crippen LogP contribution in [0.4, 0.5) is 0 Å². The van der Waals surface area contributed by atoms with Gasteiger partial charge in [0.05, 0.1) is 9.52 Å². The first-order valence-electron chi connectivity index (χ1n) is 7.55. The quantitative estimate of drug-likeness (QED) is 0.581. The highest BCUT2D eigenvalue weighted by molar-refractivity contribution is 6.52. The fourth-order valence-electron chi connectivity index (χ4n) is 2.94. The van der Waals surface area contributed by atoms with Gasteiger partial charge in [-0.25, -0.2) is 0 Å². The molecule has 1 N–H and O–H groups in total. The number of carbonyl (C=O) groups is 1. The van der Waals surface area contributed by atoms with Crippen LogP contribution in [-0.2, 0) is 6.54 Å². The van der Waals surface area contributed by atoms with E-state index >= 15 is 0 Å². The van der Waals surface area contributed by atoms with E-state index in [0.29, 0.717) is 0 Å². The number of aromatic nitrogens is 1. The molecule has 0 atom stereocenters. The predicted octanol–water partition coefficient (Wildman–Crippen LogP) is 2.59. The first-order chi connectivity index (χ1) is 10.7. The average molecular weight is 308 g/mol. The molecule has 3 rings (SSSR count). The van der Waals surface area contributed by atoms with Gasteiger partial charge in [0.1, 0.15) is 0 Å². The van der Waals surface area contributed by atoms with Gasteiger partial charge in [-0.2, -0.15) is 0 Å². The Balaban J connectivity index is 2.33. The summed E-state index contributed by atoms with van der Waals surface area (Å²) in [7, 11) is 2.75. The van der Waals surface area contributed by atoms with Crippen LogP contribution in [0.1, 0.15) is 17.3 Å². The summed E-state index contributed by atoms with van der Waals surface area (Å²) in [5, 5.41) is 7.00. The molecule has 0 unspecified atom stereocenters. The number of hydrogen-bond donors (Lipinski definition) is 1. The molecule has 0 amide bonds. The number of Topliss-reactive ketones (excluding diaryl/α,β-unsaturated/α-hetero) is 1. The van der Waals surface area contributed by atoms with E-state index in [1.807, 2.05) is 19.2 Å².